The fourth-order valence-corrected chi connectivity index (χ4v) is 2.68. The lowest BCUT2D eigenvalue weighted by Gasteiger charge is -2.15. The first kappa shape index (κ1) is 17.7. The van der Waals surface area contributed by atoms with Gasteiger partial charge in [-0.1, -0.05) is 37.3 Å². The van der Waals surface area contributed by atoms with E-state index >= 15 is 0 Å². The van der Waals surface area contributed by atoms with Gasteiger partial charge >= 0.3 is 0 Å². The van der Waals surface area contributed by atoms with Crippen LogP contribution in [0.4, 0.5) is 8.78 Å². The number of halogens is 2. The molecule has 3 aromatic rings. The molecule has 0 saturated heterocycles. The van der Waals surface area contributed by atoms with Crippen LogP contribution < -0.4 is 5.32 Å². The van der Waals surface area contributed by atoms with E-state index in [0.717, 1.165) is 17.7 Å². The fourth-order valence-electron chi connectivity index (χ4n) is 2.68. The molecule has 1 heterocycles. The minimum atomic E-state index is -0.997. The van der Waals surface area contributed by atoms with Crippen LogP contribution in [0.25, 0.3) is 5.69 Å². The summed E-state index contributed by atoms with van der Waals surface area (Å²) in [7, 11) is 0. The number of nitrogens with one attached hydrogen (secondary N) is 1. The van der Waals surface area contributed by atoms with Gasteiger partial charge in [-0.15, -0.1) is 5.10 Å². The van der Waals surface area contributed by atoms with Gasteiger partial charge in [0.1, 0.15) is 0 Å². The van der Waals surface area contributed by atoms with E-state index in [1.165, 1.54) is 10.7 Å². The Labute approximate surface area is 148 Å². The van der Waals surface area contributed by atoms with Crippen molar-refractivity contribution in [1.29, 1.82) is 0 Å². The average molecular weight is 357 g/mol. The third-order valence-corrected chi connectivity index (χ3v) is 4.03. The number of carbonyl (C=O) groups excluding carboxylic acids is 1. The summed E-state index contributed by atoms with van der Waals surface area (Å²) in [5.74, 6) is -2.08. The molecule has 0 bridgehead atoms. The number of tetrazole rings is 1. The highest BCUT2D eigenvalue weighted by atomic mass is 19.2. The maximum atomic E-state index is 13.4. The number of rotatable bonds is 6. The molecule has 0 aliphatic heterocycles. The Kier molecular flexibility index (Phi) is 5.31. The molecule has 0 saturated carbocycles. The molecule has 3 rings (SSSR count). The van der Waals surface area contributed by atoms with E-state index in [1.54, 1.807) is 0 Å². The molecule has 8 heteroatoms. The molecule has 1 N–H and O–H groups in total. The molecule has 0 aliphatic rings. The predicted molar refractivity (Wildman–Crippen MR) is 90.4 cm³/mol. The van der Waals surface area contributed by atoms with Crippen molar-refractivity contribution in [1.82, 2.24) is 25.5 Å². The summed E-state index contributed by atoms with van der Waals surface area (Å²) in [5.41, 5.74) is 1.20. The molecule has 0 spiro atoms. The highest BCUT2D eigenvalue weighted by Gasteiger charge is 2.19. The quantitative estimate of drug-likeness (QED) is 0.736. The van der Waals surface area contributed by atoms with Crippen LogP contribution in [0.2, 0.25) is 0 Å². The van der Waals surface area contributed by atoms with Gasteiger partial charge in [0.25, 0.3) is 0 Å². The van der Waals surface area contributed by atoms with Crippen molar-refractivity contribution >= 4 is 5.91 Å². The van der Waals surface area contributed by atoms with Crippen LogP contribution in [-0.2, 0) is 11.3 Å². The number of aromatic nitrogens is 4. The summed E-state index contributed by atoms with van der Waals surface area (Å²) in [4.78, 5) is 12.5. The molecular weight excluding hydrogens is 340 g/mol. The van der Waals surface area contributed by atoms with E-state index in [9.17, 15) is 13.6 Å². The lowest BCUT2D eigenvalue weighted by Crippen LogP contribution is -2.29. The number of benzene rings is 2. The zero-order valence-corrected chi connectivity index (χ0v) is 14.1. The Morgan fingerprint density at radius 2 is 1.92 bits per heavy atom. The Morgan fingerprint density at radius 1 is 1.15 bits per heavy atom. The average Bonchev–Trinajstić information content (AvgIpc) is 3.12. The summed E-state index contributed by atoms with van der Waals surface area (Å²) < 4.78 is 27.8. The largest absolute Gasteiger partial charge is 0.348 e. The highest BCUT2D eigenvalue weighted by molar-refractivity contribution is 5.83. The molecule has 2 aromatic carbocycles. The van der Waals surface area contributed by atoms with Crippen LogP contribution in [0, 0.1) is 11.6 Å². The van der Waals surface area contributed by atoms with Crippen molar-refractivity contribution < 1.29 is 13.6 Å². The number of carbonyl (C=O) groups is 1. The second-order valence-electron chi connectivity index (χ2n) is 5.69. The number of hydrogen-bond donors (Lipinski definition) is 1. The third-order valence-electron chi connectivity index (χ3n) is 4.03. The van der Waals surface area contributed by atoms with E-state index < -0.39 is 11.6 Å². The summed E-state index contributed by atoms with van der Waals surface area (Å²) >= 11 is 0. The lowest BCUT2D eigenvalue weighted by molar-refractivity contribution is -0.122. The molecule has 1 aromatic heterocycles. The van der Waals surface area contributed by atoms with Crippen molar-refractivity contribution in [2.45, 2.75) is 25.8 Å². The van der Waals surface area contributed by atoms with Crippen LogP contribution in [0.3, 0.4) is 0 Å². The van der Waals surface area contributed by atoms with Gasteiger partial charge in [0.15, 0.2) is 17.5 Å². The molecule has 26 heavy (non-hydrogen) atoms. The number of hydrogen-bond acceptors (Lipinski definition) is 4. The molecule has 1 amide bonds. The third kappa shape index (κ3) is 3.74. The van der Waals surface area contributed by atoms with E-state index in [1.807, 2.05) is 37.3 Å². The molecule has 134 valence electrons. The summed E-state index contributed by atoms with van der Waals surface area (Å²) in [6, 6.07) is 12.8. The Balaban J connectivity index is 1.73. The van der Waals surface area contributed by atoms with Crippen LogP contribution in [0.1, 0.15) is 30.7 Å². The minimum Gasteiger partial charge on any atom is -0.348 e. The van der Waals surface area contributed by atoms with Crippen LogP contribution in [0.15, 0.2) is 48.5 Å². The van der Waals surface area contributed by atoms with Gasteiger partial charge in [-0.3, -0.25) is 4.79 Å². The molecule has 0 aliphatic carbocycles. The Hall–Kier alpha value is -3.16. The first-order chi connectivity index (χ1) is 12.6. The standard InChI is InChI=1S/C18H17F2N5O/c1-2-14(12-6-4-3-5-7-12)18(26)21-11-17-22-23-24-25(17)13-8-9-15(19)16(20)10-13/h3-10,14H,2,11H2,1H3,(H,21,26)/t14-/m0/s1. The van der Waals surface area contributed by atoms with E-state index in [-0.39, 0.29) is 24.1 Å². The zero-order valence-electron chi connectivity index (χ0n) is 14.1. The SMILES string of the molecule is CC[C@H](C(=O)NCc1nnnn1-c1ccc(F)c(F)c1)c1ccccc1. The normalized spacial score (nSPS) is 12.0. The summed E-state index contributed by atoms with van der Waals surface area (Å²) in [5, 5.41) is 14.0. The molecule has 1 atom stereocenters. The van der Waals surface area contributed by atoms with Gasteiger partial charge in [-0.05, 0) is 34.5 Å². The molecule has 0 unspecified atom stereocenters. The van der Waals surface area contributed by atoms with Crippen molar-refractivity contribution in [2.24, 2.45) is 0 Å². The summed E-state index contributed by atoms with van der Waals surface area (Å²) in [6.07, 6.45) is 0.643. The van der Waals surface area contributed by atoms with Crippen LogP contribution in [0.5, 0.6) is 0 Å². The van der Waals surface area contributed by atoms with Crippen LogP contribution in [-0.4, -0.2) is 26.1 Å². The second-order valence-corrected chi connectivity index (χ2v) is 5.69. The maximum Gasteiger partial charge on any atom is 0.227 e. The maximum absolute atomic E-state index is 13.4. The summed E-state index contributed by atoms with van der Waals surface area (Å²) in [6.45, 7) is 2.00. The van der Waals surface area contributed by atoms with Gasteiger partial charge in [0.05, 0.1) is 18.2 Å². The molecular formula is C18H17F2N5O. The van der Waals surface area contributed by atoms with Crippen molar-refractivity contribution in [2.75, 3.05) is 0 Å². The van der Waals surface area contributed by atoms with Gasteiger partial charge in [-0.2, -0.15) is 4.68 Å². The monoisotopic (exact) mass is 357 g/mol. The van der Waals surface area contributed by atoms with Crippen molar-refractivity contribution in [3.8, 4) is 5.69 Å². The van der Waals surface area contributed by atoms with E-state index in [2.05, 4.69) is 20.8 Å². The first-order valence-electron chi connectivity index (χ1n) is 8.15. The van der Waals surface area contributed by atoms with Gasteiger partial charge in [-0.25, -0.2) is 8.78 Å². The topological polar surface area (TPSA) is 72.7 Å². The van der Waals surface area contributed by atoms with E-state index in [4.69, 9.17) is 0 Å². The predicted octanol–water partition coefficient (Wildman–Crippen LogP) is 2.75. The smallest absolute Gasteiger partial charge is 0.227 e. The Bertz CT molecular complexity index is 898. The molecule has 6 nitrogen and oxygen atoms in total. The zero-order chi connectivity index (χ0) is 18.5. The number of amides is 1. The van der Waals surface area contributed by atoms with Gasteiger partial charge in [0, 0.05) is 6.07 Å². The molecule has 0 fully saturated rings. The van der Waals surface area contributed by atoms with E-state index in [0.29, 0.717) is 12.2 Å². The lowest BCUT2D eigenvalue weighted by atomic mass is 9.96. The van der Waals surface area contributed by atoms with Crippen molar-refractivity contribution in [3.63, 3.8) is 0 Å². The van der Waals surface area contributed by atoms with Crippen molar-refractivity contribution in [3.05, 3.63) is 71.6 Å². The highest BCUT2D eigenvalue weighted by Crippen LogP contribution is 2.19. The van der Waals surface area contributed by atoms with Gasteiger partial charge < -0.3 is 5.32 Å². The molecule has 0 radical (unpaired) electrons. The van der Waals surface area contributed by atoms with Gasteiger partial charge in [0.2, 0.25) is 5.91 Å². The first-order valence-corrected chi connectivity index (χ1v) is 8.15. The van der Waals surface area contributed by atoms with Crippen LogP contribution >= 0.6 is 0 Å². The second kappa shape index (κ2) is 7.81. The number of nitrogens with zero attached hydrogens (tertiary/aromatic N) is 4. The minimum absolute atomic E-state index is 0.0637. The fraction of sp³-hybridized carbons (Fsp3) is 0.222. The Morgan fingerprint density at radius 3 is 2.62 bits per heavy atom.